The minimum atomic E-state index is -0.400. The van der Waals surface area contributed by atoms with Crippen molar-refractivity contribution >= 4 is 27.9 Å². The molecule has 0 aromatic heterocycles. The van der Waals surface area contributed by atoms with E-state index in [-0.39, 0.29) is 18.5 Å². The molecule has 0 radical (unpaired) electrons. The van der Waals surface area contributed by atoms with Crippen LogP contribution in [0.2, 0.25) is 0 Å². The summed E-state index contributed by atoms with van der Waals surface area (Å²) in [6.45, 7) is 4.56. The van der Waals surface area contributed by atoms with E-state index in [1.165, 1.54) is 57.8 Å². The van der Waals surface area contributed by atoms with Crippen LogP contribution in [0.1, 0.15) is 98.8 Å². The van der Waals surface area contributed by atoms with Gasteiger partial charge in [-0.05, 0) is 56.2 Å². The normalized spacial score (nSPS) is 12.5. The van der Waals surface area contributed by atoms with Crippen LogP contribution < -0.4 is 4.74 Å². The SMILES string of the molecule is CC(COC(=O)c1ccccc1)C(C)OC(=O)c1ccc(OCCCCCCCCCCCCBr)cc1. The van der Waals surface area contributed by atoms with E-state index in [1.54, 1.807) is 36.4 Å². The fraction of sp³-hybridized carbons (Fsp3) is 0.548. The highest BCUT2D eigenvalue weighted by Gasteiger charge is 2.20. The van der Waals surface area contributed by atoms with Crippen molar-refractivity contribution in [3.05, 3.63) is 65.7 Å². The first-order chi connectivity index (χ1) is 18.0. The Morgan fingerprint density at radius 1 is 0.703 bits per heavy atom. The molecule has 6 heteroatoms. The van der Waals surface area contributed by atoms with Gasteiger partial charge in [0, 0.05) is 11.2 Å². The second-order valence-corrected chi connectivity index (χ2v) is 10.4. The lowest BCUT2D eigenvalue weighted by atomic mass is 10.1. The van der Waals surface area contributed by atoms with Gasteiger partial charge in [-0.1, -0.05) is 92.4 Å². The van der Waals surface area contributed by atoms with Crippen molar-refractivity contribution in [2.75, 3.05) is 18.5 Å². The second-order valence-electron chi connectivity index (χ2n) is 9.65. The van der Waals surface area contributed by atoms with Gasteiger partial charge in [-0.15, -0.1) is 0 Å². The number of hydrogen-bond acceptors (Lipinski definition) is 5. The highest BCUT2D eigenvalue weighted by atomic mass is 79.9. The van der Waals surface area contributed by atoms with Crippen LogP contribution in [0.3, 0.4) is 0 Å². The molecule has 0 N–H and O–H groups in total. The van der Waals surface area contributed by atoms with E-state index in [4.69, 9.17) is 14.2 Å². The van der Waals surface area contributed by atoms with E-state index < -0.39 is 12.1 Å². The van der Waals surface area contributed by atoms with Gasteiger partial charge in [0.05, 0.1) is 24.3 Å². The molecule has 0 aliphatic heterocycles. The average molecular weight is 576 g/mol. The number of alkyl halides is 1. The fourth-order valence-corrected chi connectivity index (χ4v) is 4.24. The zero-order chi connectivity index (χ0) is 26.7. The fourth-order valence-electron chi connectivity index (χ4n) is 3.84. The molecule has 0 aliphatic rings. The summed E-state index contributed by atoms with van der Waals surface area (Å²) in [6.07, 6.45) is 12.5. The molecule has 5 nitrogen and oxygen atoms in total. The van der Waals surface area contributed by atoms with Gasteiger partial charge < -0.3 is 14.2 Å². The number of carbonyl (C=O) groups excluding carboxylic acids is 2. The molecule has 0 heterocycles. The highest BCUT2D eigenvalue weighted by molar-refractivity contribution is 9.09. The Morgan fingerprint density at radius 2 is 1.24 bits per heavy atom. The summed E-state index contributed by atoms with van der Waals surface area (Å²) in [5.74, 6) is -0.158. The molecular formula is C31H43BrO5. The van der Waals surface area contributed by atoms with E-state index in [1.807, 2.05) is 32.0 Å². The molecule has 2 aromatic rings. The first-order valence-corrected chi connectivity index (χ1v) is 14.9. The maximum Gasteiger partial charge on any atom is 0.338 e. The number of hydrogen-bond donors (Lipinski definition) is 0. The third kappa shape index (κ3) is 13.1. The van der Waals surface area contributed by atoms with Crippen LogP contribution >= 0.6 is 15.9 Å². The van der Waals surface area contributed by atoms with Crippen LogP contribution in [0.25, 0.3) is 0 Å². The number of halogens is 1. The van der Waals surface area contributed by atoms with Crippen LogP contribution in [0.5, 0.6) is 5.75 Å². The molecule has 0 saturated carbocycles. The lowest BCUT2D eigenvalue weighted by molar-refractivity contribution is 0.00518. The van der Waals surface area contributed by atoms with Gasteiger partial charge >= 0.3 is 11.9 Å². The molecule has 2 rings (SSSR count). The Morgan fingerprint density at radius 3 is 1.84 bits per heavy atom. The summed E-state index contributed by atoms with van der Waals surface area (Å²) in [5, 5.41) is 1.13. The van der Waals surface area contributed by atoms with Crippen LogP contribution in [-0.2, 0) is 9.47 Å². The van der Waals surface area contributed by atoms with Gasteiger partial charge in [0.25, 0.3) is 0 Å². The van der Waals surface area contributed by atoms with Gasteiger partial charge in [0.2, 0.25) is 0 Å². The van der Waals surface area contributed by atoms with Crippen molar-refractivity contribution in [2.24, 2.45) is 5.92 Å². The molecule has 2 atom stereocenters. The molecular weight excluding hydrogens is 532 g/mol. The summed E-state index contributed by atoms with van der Waals surface area (Å²) in [4.78, 5) is 24.6. The van der Waals surface area contributed by atoms with E-state index in [9.17, 15) is 9.59 Å². The first-order valence-electron chi connectivity index (χ1n) is 13.7. The highest BCUT2D eigenvalue weighted by Crippen LogP contribution is 2.17. The van der Waals surface area contributed by atoms with Crippen molar-refractivity contribution in [2.45, 2.75) is 84.2 Å². The Balaban J connectivity index is 1.57. The predicted octanol–water partition coefficient (Wildman–Crippen LogP) is 8.40. The quantitative estimate of drug-likeness (QED) is 0.0956. The topological polar surface area (TPSA) is 61.8 Å². The predicted molar refractivity (Wildman–Crippen MR) is 153 cm³/mol. The number of unbranched alkanes of at least 4 members (excludes halogenated alkanes) is 9. The van der Waals surface area contributed by atoms with E-state index in [0.29, 0.717) is 17.7 Å². The van der Waals surface area contributed by atoms with Crippen LogP contribution in [0.4, 0.5) is 0 Å². The Labute approximate surface area is 231 Å². The monoisotopic (exact) mass is 574 g/mol. The summed E-state index contributed by atoms with van der Waals surface area (Å²) >= 11 is 3.48. The van der Waals surface area contributed by atoms with E-state index in [2.05, 4.69) is 15.9 Å². The lowest BCUT2D eigenvalue weighted by Crippen LogP contribution is -2.26. The third-order valence-electron chi connectivity index (χ3n) is 6.47. The Hall–Kier alpha value is -2.34. The van der Waals surface area contributed by atoms with Crippen LogP contribution in [0, 0.1) is 5.92 Å². The van der Waals surface area contributed by atoms with Gasteiger partial charge in [-0.25, -0.2) is 9.59 Å². The van der Waals surface area contributed by atoms with Crippen LogP contribution in [0.15, 0.2) is 54.6 Å². The molecule has 0 aliphatic carbocycles. The maximum absolute atomic E-state index is 12.5. The van der Waals surface area contributed by atoms with Gasteiger partial charge in [0.1, 0.15) is 11.9 Å². The number of esters is 2. The summed E-state index contributed by atoms with van der Waals surface area (Å²) in [5.41, 5.74) is 0.976. The van der Waals surface area contributed by atoms with Crippen molar-refractivity contribution < 1.29 is 23.8 Å². The number of benzene rings is 2. The van der Waals surface area contributed by atoms with Crippen molar-refractivity contribution in [1.29, 1.82) is 0 Å². The molecule has 0 amide bonds. The minimum absolute atomic E-state index is 0.136. The number of carbonyl (C=O) groups is 2. The van der Waals surface area contributed by atoms with Gasteiger partial charge in [0.15, 0.2) is 0 Å². The van der Waals surface area contributed by atoms with Crippen molar-refractivity contribution in [3.63, 3.8) is 0 Å². The molecule has 2 unspecified atom stereocenters. The second kappa shape index (κ2) is 18.8. The van der Waals surface area contributed by atoms with Crippen LogP contribution in [-0.4, -0.2) is 36.6 Å². The summed E-state index contributed by atoms with van der Waals surface area (Å²) < 4.78 is 16.8. The van der Waals surface area contributed by atoms with E-state index >= 15 is 0 Å². The molecule has 204 valence electrons. The summed E-state index contributed by atoms with van der Waals surface area (Å²) in [7, 11) is 0. The smallest absolute Gasteiger partial charge is 0.338 e. The number of ether oxygens (including phenoxy) is 3. The molecule has 0 fully saturated rings. The summed E-state index contributed by atoms with van der Waals surface area (Å²) in [6, 6.07) is 15.9. The van der Waals surface area contributed by atoms with Crippen molar-refractivity contribution in [1.82, 2.24) is 0 Å². The lowest BCUT2D eigenvalue weighted by Gasteiger charge is -2.20. The first kappa shape index (κ1) is 30.9. The molecule has 0 spiro atoms. The zero-order valence-corrected chi connectivity index (χ0v) is 24.0. The van der Waals surface area contributed by atoms with Crippen molar-refractivity contribution in [3.8, 4) is 5.75 Å². The Kier molecular flexibility index (Phi) is 15.7. The molecule has 0 saturated heterocycles. The molecule has 2 aromatic carbocycles. The van der Waals surface area contributed by atoms with Gasteiger partial charge in [-0.2, -0.15) is 0 Å². The molecule has 37 heavy (non-hydrogen) atoms. The average Bonchev–Trinajstić information content (AvgIpc) is 2.92. The standard InChI is InChI=1S/C31H43BrO5/c1-25(24-36-30(33)27-16-12-11-13-17-27)26(2)37-31(34)28-18-20-29(21-19-28)35-23-15-10-8-6-4-3-5-7-9-14-22-32/h11-13,16-21,25-26H,3-10,14-15,22-24H2,1-2H3. The largest absolute Gasteiger partial charge is 0.494 e. The van der Waals surface area contributed by atoms with Gasteiger partial charge in [-0.3, -0.25) is 0 Å². The maximum atomic E-state index is 12.5. The third-order valence-corrected chi connectivity index (χ3v) is 7.03. The minimum Gasteiger partial charge on any atom is -0.494 e. The Bertz CT molecular complexity index is 884. The van der Waals surface area contributed by atoms with E-state index in [0.717, 1.165) is 17.5 Å². The zero-order valence-electron chi connectivity index (χ0n) is 22.5. The number of rotatable bonds is 19. The molecule has 0 bridgehead atoms.